The molecule has 0 spiro atoms. The molecule has 0 saturated heterocycles. The summed E-state index contributed by atoms with van der Waals surface area (Å²) in [7, 11) is 1.71. The van der Waals surface area contributed by atoms with Gasteiger partial charge in [0.25, 0.3) is 0 Å². The molecule has 190 valence electrons. The fraction of sp³-hybridized carbons (Fsp3) is 0.296. The monoisotopic (exact) mass is 553 g/mol. The molecular formula is C27H24ClN3O4S2. The second kappa shape index (κ2) is 9.53. The van der Waals surface area contributed by atoms with E-state index in [1.165, 1.54) is 4.68 Å². The molecule has 1 fully saturated rings. The smallest absolute Gasteiger partial charge is 0.413 e. The van der Waals surface area contributed by atoms with Crippen LogP contribution in [0.3, 0.4) is 0 Å². The van der Waals surface area contributed by atoms with Crippen molar-refractivity contribution in [3.8, 4) is 11.8 Å². The Labute approximate surface area is 227 Å². The van der Waals surface area contributed by atoms with Crippen LogP contribution in [-0.2, 0) is 22.0 Å². The van der Waals surface area contributed by atoms with Gasteiger partial charge in [-0.2, -0.15) is 5.10 Å². The van der Waals surface area contributed by atoms with Gasteiger partial charge in [-0.25, -0.2) is 4.79 Å². The Morgan fingerprint density at radius 1 is 1.22 bits per heavy atom. The number of ether oxygens (including phenoxy) is 1. The van der Waals surface area contributed by atoms with Crippen LogP contribution in [-0.4, -0.2) is 26.9 Å². The Kier molecular flexibility index (Phi) is 6.52. The predicted molar refractivity (Wildman–Crippen MR) is 147 cm³/mol. The van der Waals surface area contributed by atoms with Crippen LogP contribution < -0.4 is 5.32 Å². The van der Waals surface area contributed by atoms with E-state index in [9.17, 15) is 14.7 Å². The predicted octanol–water partition coefficient (Wildman–Crippen LogP) is 6.79. The Morgan fingerprint density at radius 2 is 1.95 bits per heavy atom. The largest absolute Gasteiger partial charge is 0.481 e. The van der Waals surface area contributed by atoms with Crippen LogP contribution >= 0.6 is 34.3 Å². The molecule has 1 unspecified atom stereocenters. The van der Waals surface area contributed by atoms with Crippen LogP contribution in [0, 0.1) is 25.7 Å². The van der Waals surface area contributed by atoms with Crippen molar-refractivity contribution >= 4 is 61.6 Å². The SMILES string of the molecule is Cc1c(C#Cc2cnn(C)c2NC(=O)OC(C)c2ccccc2Cl)sc2sc(C3(C(=O)O)CC3)c(C)c12. The van der Waals surface area contributed by atoms with Crippen LogP contribution in [0.15, 0.2) is 30.5 Å². The van der Waals surface area contributed by atoms with Crippen molar-refractivity contribution in [1.82, 2.24) is 9.78 Å². The molecule has 5 rings (SSSR count). The molecule has 7 nitrogen and oxygen atoms in total. The minimum atomic E-state index is -0.737. The number of nitrogens with zero attached hydrogens (tertiary/aromatic N) is 2. The fourth-order valence-electron chi connectivity index (χ4n) is 4.47. The van der Waals surface area contributed by atoms with Crippen LogP contribution in [0.25, 0.3) is 9.40 Å². The van der Waals surface area contributed by atoms with E-state index >= 15 is 0 Å². The lowest BCUT2D eigenvalue weighted by Crippen LogP contribution is -2.18. The molecule has 1 aromatic carbocycles. The molecule has 37 heavy (non-hydrogen) atoms. The van der Waals surface area contributed by atoms with E-state index in [4.69, 9.17) is 16.3 Å². The number of carboxylic acids is 1. The topological polar surface area (TPSA) is 93.5 Å². The third-order valence-corrected chi connectivity index (χ3v) is 9.85. The average molecular weight is 554 g/mol. The lowest BCUT2D eigenvalue weighted by atomic mass is 9.99. The number of fused-ring (bicyclic) bond motifs is 1. The van der Waals surface area contributed by atoms with Gasteiger partial charge < -0.3 is 9.84 Å². The number of hydrogen-bond donors (Lipinski definition) is 2. The number of carbonyl (C=O) groups excluding carboxylic acids is 1. The highest BCUT2D eigenvalue weighted by Gasteiger charge is 2.54. The number of aryl methyl sites for hydroxylation is 3. The zero-order valence-electron chi connectivity index (χ0n) is 20.6. The number of rotatable bonds is 5. The summed E-state index contributed by atoms with van der Waals surface area (Å²) >= 11 is 9.36. The maximum absolute atomic E-state index is 12.6. The molecule has 1 aliphatic carbocycles. The number of amides is 1. The number of hydrogen-bond acceptors (Lipinski definition) is 6. The van der Waals surface area contributed by atoms with Gasteiger partial charge in [0, 0.05) is 27.9 Å². The first-order chi connectivity index (χ1) is 17.6. The molecule has 0 bridgehead atoms. The van der Waals surface area contributed by atoms with Crippen molar-refractivity contribution in [2.75, 3.05) is 5.32 Å². The van der Waals surface area contributed by atoms with Gasteiger partial charge in [-0.15, -0.1) is 22.7 Å². The van der Waals surface area contributed by atoms with E-state index in [2.05, 4.69) is 22.3 Å². The lowest BCUT2D eigenvalue weighted by Gasteiger charge is -2.15. The highest BCUT2D eigenvalue weighted by atomic mass is 35.5. The second-order valence-corrected chi connectivity index (χ2v) is 11.8. The number of benzene rings is 1. The maximum atomic E-state index is 12.6. The first kappa shape index (κ1) is 25.3. The van der Waals surface area contributed by atoms with E-state index in [-0.39, 0.29) is 0 Å². The van der Waals surface area contributed by atoms with Crippen molar-refractivity contribution in [3.05, 3.63) is 67.5 Å². The van der Waals surface area contributed by atoms with Crippen molar-refractivity contribution in [2.45, 2.75) is 45.1 Å². The normalized spacial score (nSPS) is 14.6. The first-order valence-electron chi connectivity index (χ1n) is 11.6. The van der Waals surface area contributed by atoms with E-state index in [0.29, 0.717) is 34.8 Å². The van der Waals surface area contributed by atoms with Gasteiger partial charge in [0.1, 0.15) is 17.3 Å². The lowest BCUT2D eigenvalue weighted by molar-refractivity contribution is -0.139. The highest BCUT2D eigenvalue weighted by Crippen LogP contribution is 2.55. The molecule has 1 atom stereocenters. The number of nitrogens with one attached hydrogen (secondary N) is 1. The van der Waals surface area contributed by atoms with E-state index < -0.39 is 23.6 Å². The third-order valence-electron chi connectivity index (χ3n) is 6.72. The van der Waals surface area contributed by atoms with Gasteiger partial charge in [-0.05, 0) is 50.8 Å². The van der Waals surface area contributed by atoms with Crippen LogP contribution in [0.5, 0.6) is 0 Å². The Balaban J connectivity index is 1.37. The number of carboxylic acid groups (broad SMARTS) is 1. The minimum absolute atomic E-state index is 0.426. The zero-order valence-corrected chi connectivity index (χ0v) is 23.0. The van der Waals surface area contributed by atoms with Crippen LogP contribution in [0.2, 0.25) is 5.02 Å². The highest BCUT2D eigenvalue weighted by molar-refractivity contribution is 7.39. The Hall–Kier alpha value is -3.32. The summed E-state index contributed by atoms with van der Waals surface area (Å²) in [5.41, 5.74) is 2.65. The molecule has 0 aliphatic heterocycles. The molecule has 3 aromatic heterocycles. The van der Waals surface area contributed by atoms with Crippen molar-refractivity contribution < 1.29 is 19.4 Å². The van der Waals surface area contributed by atoms with Crippen LogP contribution in [0.1, 0.15) is 57.9 Å². The number of anilines is 1. The zero-order chi connectivity index (χ0) is 26.5. The number of halogens is 1. The maximum Gasteiger partial charge on any atom is 0.413 e. The van der Waals surface area contributed by atoms with Gasteiger partial charge >= 0.3 is 12.1 Å². The van der Waals surface area contributed by atoms with Gasteiger partial charge in [-0.3, -0.25) is 14.8 Å². The Bertz CT molecular complexity index is 1620. The minimum Gasteiger partial charge on any atom is -0.481 e. The van der Waals surface area contributed by atoms with Gasteiger partial charge in [0.2, 0.25) is 0 Å². The van der Waals surface area contributed by atoms with Gasteiger partial charge in [0.05, 0.1) is 20.7 Å². The third kappa shape index (κ3) is 4.50. The fourth-order valence-corrected chi connectivity index (χ4v) is 7.71. The van der Waals surface area contributed by atoms with E-state index in [1.54, 1.807) is 48.9 Å². The van der Waals surface area contributed by atoms with Gasteiger partial charge in [0.15, 0.2) is 0 Å². The Morgan fingerprint density at radius 3 is 2.59 bits per heavy atom. The number of thiophene rings is 2. The molecule has 4 aromatic rings. The van der Waals surface area contributed by atoms with E-state index in [1.807, 2.05) is 32.0 Å². The molecule has 1 amide bonds. The molecule has 3 heterocycles. The summed E-state index contributed by atoms with van der Waals surface area (Å²) < 4.78 is 8.14. The summed E-state index contributed by atoms with van der Waals surface area (Å²) in [5, 5.41) is 18.3. The number of carbonyl (C=O) groups is 2. The molecule has 0 radical (unpaired) electrons. The molecule has 1 aliphatic rings. The van der Waals surface area contributed by atoms with Gasteiger partial charge in [-0.1, -0.05) is 41.6 Å². The summed E-state index contributed by atoms with van der Waals surface area (Å²) in [5.74, 6) is 6.05. The van der Waals surface area contributed by atoms with Crippen molar-refractivity contribution in [2.24, 2.45) is 7.05 Å². The van der Waals surface area contributed by atoms with Crippen LogP contribution in [0.4, 0.5) is 10.6 Å². The average Bonchev–Trinajstić information content (AvgIpc) is 3.39. The summed E-state index contributed by atoms with van der Waals surface area (Å²) in [6.45, 7) is 5.78. The number of aliphatic carboxylic acids is 1. The first-order valence-corrected chi connectivity index (χ1v) is 13.7. The van der Waals surface area contributed by atoms with Crippen molar-refractivity contribution in [3.63, 3.8) is 0 Å². The summed E-state index contributed by atoms with van der Waals surface area (Å²) in [6, 6.07) is 7.21. The van der Waals surface area contributed by atoms with Crippen molar-refractivity contribution in [1.29, 1.82) is 0 Å². The van der Waals surface area contributed by atoms with E-state index in [0.717, 1.165) is 30.3 Å². The molecule has 10 heteroatoms. The second-order valence-electron chi connectivity index (χ2n) is 9.14. The number of aromatic nitrogens is 2. The quantitative estimate of drug-likeness (QED) is 0.265. The summed E-state index contributed by atoms with van der Waals surface area (Å²) in [6.07, 6.45) is 1.81. The molecule has 1 saturated carbocycles. The summed E-state index contributed by atoms with van der Waals surface area (Å²) in [4.78, 5) is 26.3. The molecular weight excluding hydrogens is 530 g/mol. The standard InChI is InChI=1S/C27H24ClN3O4S2/c1-14-20(36-24-21(14)15(2)22(37-24)27(11-12-27)25(32)33)10-9-17-13-29-31(4)23(17)30-26(34)35-16(3)18-7-5-6-8-19(18)28/h5-8,13,16H,11-12H2,1-4H3,(H,30,34)(H,32,33). The molecule has 2 N–H and O–H groups in total.